The molecule has 2 atom stereocenters. The predicted molar refractivity (Wildman–Crippen MR) is 68.7 cm³/mol. The van der Waals surface area contributed by atoms with Crippen LogP contribution in [0.5, 0.6) is 0 Å². The van der Waals surface area contributed by atoms with Crippen molar-refractivity contribution < 1.29 is 0 Å². The number of nitrogens with zero attached hydrogens (tertiary/aromatic N) is 2. The Labute approximate surface area is 104 Å². The molecule has 1 fully saturated rings. The molecule has 1 saturated carbocycles. The zero-order valence-electron chi connectivity index (χ0n) is 11.2. The Morgan fingerprint density at radius 2 is 2.29 bits per heavy atom. The quantitative estimate of drug-likeness (QED) is 0.842. The van der Waals surface area contributed by atoms with Gasteiger partial charge in [-0.05, 0) is 30.6 Å². The fraction of sp³-hybridized carbons (Fsp3) is 0.846. The monoisotopic (exact) mass is 236 g/mol. The predicted octanol–water partition coefficient (Wildman–Crippen LogP) is 2.15. The smallest absolute Gasteiger partial charge is 0.137 e. The average Bonchev–Trinajstić information content (AvgIpc) is 2.67. The molecule has 17 heavy (non-hydrogen) atoms. The van der Waals surface area contributed by atoms with Gasteiger partial charge in [0.2, 0.25) is 0 Å². The van der Waals surface area contributed by atoms with E-state index in [-0.39, 0.29) is 0 Å². The zero-order chi connectivity index (χ0) is 12.3. The Morgan fingerprint density at radius 1 is 1.47 bits per heavy atom. The van der Waals surface area contributed by atoms with Crippen LogP contribution in [-0.4, -0.2) is 27.8 Å². The fourth-order valence-electron chi connectivity index (χ4n) is 3.25. The molecular formula is C13H24N4. The first-order valence-electron chi connectivity index (χ1n) is 6.63. The molecule has 0 radical (unpaired) electrons. The molecule has 1 heterocycles. The summed E-state index contributed by atoms with van der Waals surface area (Å²) in [7, 11) is 0. The van der Waals surface area contributed by atoms with E-state index >= 15 is 0 Å². The van der Waals surface area contributed by atoms with Gasteiger partial charge >= 0.3 is 0 Å². The molecule has 0 saturated heterocycles. The topological polar surface area (TPSA) is 53.6 Å². The Morgan fingerprint density at radius 3 is 2.94 bits per heavy atom. The van der Waals surface area contributed by atoms with Crippen LogP contribution in [0.4, 0.5) is 0 Å². The first-order chi connectivity index (χ1) is 8.05. The maximum absolute atomic E-state index is 4.14. The molecule has 0 aromatic carbocycles. The van der Waals surface area contributed by atoms with E-state index in [0.29, 0.717) is 11.5 Å². The fourth-order valence-corrected chi connectivity index (χ4v) is 3.25. The normalized spacial score (nSPS) is 28.2. The summed E-state index contributed by atoms with van der Waals surface area (Å²) >= 11 is 0. The molecule has 2 N–H and O–H groups in total. The third kappa shape index (κ3) is 3.80. The van der Waals surface area contributed by atoms with Crippen molar-refractivity contribution in [1.82, 2.24) is 20.5 Å². The van der Waals surface area contributed by atoms with Crippen LogP contribution in [0.2, 0.25) is 0 Å². The van der Waals surface area contributed by atoms with Crippen molar-refractivity contribution in [1.29, 1.82) is 0 Å². The molecule has 4 nitrogen and oxygen atoms in total. The first kappa shape index (κ1) is 12.6. The summed E-state index contributed by atoms with van der Waals surface area (Å²) in [6, 6.07) is 0.664. The van der Waals surface area contributed by atoms with E-state index in [1.165, 1.54) is 19.3 Å². The third-order valence-electron chi connectivity index (χ3n) is 3.65. The van der Waals surface area contributed by atoms with E-state index in [1.54, 1.807) is 6.33 Å². The van der Waals surface area contributed by atoms with Gasteiger partial charge in [-0.1, -0.05) is 20.8 Å². The summed E-state index contributed by atoms with van der Waals surface area (Å²) in [6.45, 7) is 8.12. The molecule has 1 aliphatic rings. The number of aromatic nitrogens is 3. The van der Waals surface area contributed by atoms with E-state index in [4.69, 9.17) is 0 Å². The molecule has 1 aromatic heterocycles. The minimum absolute atomic E-state index is 0.488. The molecule has 0 amide bonds. The molecule has 4 heteroatoms. The molecule has 1 aliphatic carbocycles. The molecule has 0 spiro atoms. The molecule has 96 valence electrons. The molecule has 2 rings (SSSR count). The van der Waals surface area contributed by atoms with E-state index in [1.807, 2.05) is 0 Å². The summed E-state index contributed by atoms with van der Waals surface area (Å²) in [5.74, 6) is 1.81. The van der Waals surface area contributed by atoms with Crippen molar-refractivity contribution in [2.45, 2.75) is 52.5 Å². The van der Waals surface area contributed by atoms with E-state index < -0.39 is 0 Å². The van der Waals surface area contributed by atoms with Crippen molar-refractivity contribution >= 4 is 0 Å². The van der Waals surface area contributed by atoms with Gasteiger partial charge in [-0.2, -0.15) is 5.10 Å². The van der Waals surface area contributed by atoms with Crippen molar-refractivity contribution in [3.63, 3.8) is 0 Å². The lowest BCUT2D eigenvalue weighted by molar-refractivity contribution is 0.152. The van der Waals surface area contributed by atoms with Crippen LogP contribution in [-0.2, 0) is 6.42 Å². The van der Waals surface area contributed by atoms with Gasteiger partial charge in [0.1, 0.15) is 12.2 Å². The standard InChI is InChI=1S/C13H24N4/c1-10-6-11(8-13(2,3)7-10)14-5-4-12-15-9-16-17-12/h9-11,14H,4-8H2,1-3H3,(H,15,16,17). The second kappa shape index (κ2) is 5.17. The van der Waals surface area contributed by atoms with Crippen LogP contribution in [0.1, 0.15) is 45.9 Å². The molecule has 0 aliphatic heterocycles. The van der Waals surface area contributed by atoms with E-state index in [9.17, 15) is 0 Å². The van der Waals surface area contributed by atoms with Crippen molar-refractivity contribution in [3.8, 4) is 0 Å². The van der Waals surface area contributed by atoms with Gasteiger partial charge < -0.3 is 5.32 Å². The lowest BCUT2D eigenvalue weighted by Crippen LogP contribution is -2.40. The Kier molecular flexibility index (Phi) is 3.82. The van der Waals surface area contributed by atoms with Gasteiger partial charge in [-0.15, -0.1) is 0 Å². The van der Waals surface area contributed by atoms with E-state index in [2.05, 4.69) is 41.3 Å². The van der Waals surface area contributed by atoms with Gasteiger partial charge in [-0.3, -0.25) is 5.10 Å². The minimum atomic E-state index is 0.488. The highest BCUT2D eigenvalue weighted by molar-refractivity contribution is 4.88. The van der Waals surface area contributed by atoms with Crippen molar-refractivity contribution in [2.75, 3.05) is 6.54 Å². The maximum Gasteiger partial charge on any atom is 0.137 e. The lowest BCUT2D eigenvalue weighted by atomic mass is 9.70. The lowest BCUT2D eigenvalue weighted by Gasteiger charge is -2.39. The number of hydrogen-bond donors (Lipinski definition) is 2. The number of nitrogens with one attached hydrogen (secondary N) is 2. The Bertz CT molecular complexity index is 331. The van der Waals surface area contributed by atoms with E-state index in [0.717, 1.165) is 24.7 Å². The zero-order valence-corrected chi connectivity index (χ0v) is 11.2. The van der Waals surface area contributed by atoms with Gasteiger partial charge in [-0.25, -0.2) is 4.98 Å². The van der Waals surface area contributed by atoms with Crippen LogP contribution in [0.15, 0.2) is 6.33 Å². The van der Waals surface area contributed by atoms with Crippen LogP contribution < -0.4 is 5.32 Å². The largest absolute Gasteiger partial charge is 0.314 e. The maximum atomic E-state index is 4.14. The van der Waals surface area contributed by atoms with Gasteiger partial charge in [0, 0.05) is 19.0 Å². The Balaban J connectivity index is 1.75. The van der Waals surface area contributed by atoms with Crippen LogP contribution in [0.25, 0.3) is 0 Å². The highest BCUT2D eigenvalue weighted by Crippen LogP contribution is 2.38. The minimum Gasteiger partial charge on any atom is -0.314 e. The second-order valence-electron chi connectivity index (χ2n) is 6.25. The van der Waals surface area contributed by atoms with Crippen LogP contribution >= 0.6 is 0 Å². The highest BCUT2D eigenvalue weighted by atomic mass is 15.2. The molecule has 0 bridgehead atoms. The Hall–Kier alpha value is -0.900. The number of H-pyrrole nitrogens is 1. The van der Waals surface area contributed by atoms with Crippen LogP contribution in [0, 0.1) is 11.3 Å². The number of aromatic amines is 1. The average molecular weight is 236 g/mol. The highest BCUT2D eigenvalue weighted by Gasteiger charge is 2.31. The molecule has 1 aromatic rings. The molecular weight excluding hydrogens is 212 g/mol. The third-order valence-corrected chi connectivity index (χ3v) is 3.65. The summed E-state index contributed by atoms with van der Waals surface area (Å²) in [5.41, 5.74) is 0.488. The molecule has 2 unspecified atom stereocenters. The summed E-state index contributed by atoms with van der Waals surface area (Å²) in [5, 5.41) is 10.4. The van der Waals surface area contributed by atoms with Crippen molar-refractivity contribution in [3.05, 3.63) is 12.2 Å². The van der Waals surface area contributed by atoms with Crippen LogP contribution in [0.3, 0.4) is 0 Å². The summed E-state index contributed by atoms with van der Waals surface area (Å²) in [6.07, 6.45) is 6.45. The summed E-state index contributed by atoms with van der Waals surface area (Å²) in [4.78, 5) is 4.14. The van der Waals surface area contributed by atoms with Gasteiger partial charge in [0.15, 0.2) is 0 Å². The summed E-state index contributed by atoms with van der Waals surface area (Å²) < 4.78 is 0. The first-order valence-corrected chi connectivity index (χ1v) is 6.63. The number of rotatable bonds is 4. The second-order valence-corrected chi connectivity index (χ2v) is 6.25. The number of hydrogen-bond acceptors (Lipinski definition) is 3. The SMILES string of the molecule is CC1CC(NCCc2ncn[nH]2)CC(C)(C)C1. The van der Waals surface area contributed by atoms with Gasteiger partial charge in [0.25, 0.3) is 0 Å². The van der Waals surface area contributed by atoms with Crippen molar-refractivity contribution in [2.24, 2.45) is 11.3 Å². The van der Waals surface area contributed by atoms with Gasteiger partial charge in [0.05, 0.1) is 0 Å².